The second-order valence-electron chi connectivity index (χ2n) is 5.02. The molecule has 0 aliphatic heterocycles. The summed E-state index contributed by atoms with van der Waals surface area (Å²) in [5.74, 6) is 0.670. The molecule has 0 aromatic heterocycles. The fraction of sp³-hybridized carbons (Fsp3) is 0.600. The highest BCUT2D eigenvalue weighted by Gasteiger charge is 2.19. The van der Waals surface area contributed by atoms with E-state index < -0.39 is 0 Å². The molecule has 0 saturated heterocycles. The summed E-state index contributed by atoms with van der Waals surface area (Å²) in [6.07, 6.45) is 2.35. The zero-order valence-electron chi connectivity index (χ0n) is 11.9. The van der Waals surface area contributed by atoms with E-state index in [1.54, 1.807) is 6.07 Å². The van der Waals surface area contributed by atoms with Crippen LogP contribution in [-0.2, 0) is 0 Å². The Bertz CT molecular complexity index is 416. The van der Waals surface area contributed by atoms with Gasteiger partial charge in [0.15, 0.2) is 0 Å². The van der Waals surface area contributed by atoms with Crippen molar-refractivity contribution in [1.29, 1.82) is 0 Å². The van der Waals surface area contributed by atoms with Crippen molar-refractivity contribution in [3.05, 3.63) is 32.8 Å². The van der Waals surface area contributed by atoms with Crippen molar-refractivity contribution in [2.75, 3.05) is 0 Å². The molecule has 1 N–H and O–H groups in total. The molecule has 0 radical (unpaired) electrons. The summed E-state index contributed by atoms with van der Waals surface area (Å²) in [4.78, 5) is 0. The van der Waals surface area contributed by atoms with Crippen molar-refractivity contribution in [3.63, 3.8) is 0 Å². The molecular weight excluding hydrogens is 301 g/mol. The standard InChI is InChI=1S/C15H22Cl3N/c1-5-11(6-2)9(3)19-10(4)12-7-8-13(16)15(18)14(12)17/h7-11,19H,5-6H2,1-4H3. The van der Waals surface area contributed by atoms with Crippen LogP contribution >= 0.6 is 34.8 Å². The fourth-order valence-corrected chi connectivity index (χ4v) is 3.20. The normalized spacial score (nSPS) is 14.7. The number of hydrogen-bond acceptors (Lipinski definition) is 1. The van der Waals surface area contributed by atoms with Gasteiger partial charge in [0.05, 0.1) is 15.1 Å². The molecule has 0 aliphatic rings. The van der Waals surface area contributed by atoms with Gasteiger partial charge in [0.1, 0.15) is 0 Å². The molecule has 1 nitrogen and oxygen atoms in total. The summed E-state index contributed by atoms with van der Waals surface area (Å²) < 4.78 is 0. The van der Waals surface area contributed by atoms with Gasteiger partial charge < -0.3 is 5.32 Å². The van der Waals surface area contributed by atoms with Crippen LogP contribution in [0.2, 0.25) is 15.1 Å². The van der Waals surface area contributed by atoms with Gasteiger partial charge in [-0.1, -0.05) is 67.6 Å². The molecular formula is C15H22Cl3N. The van der Waals surface area contributed by atoms with Crippen molar-refractivity contribution in [2.24, 2.45) is 5.92 Å². The molecule has 19 heavy (non-hydrogen) atoms. The van der Waals surface area contributed by atoms with Gasteiger partial charge in [0.25, 0.3) is 0 Å². The first-order chi connectivity index (χ1) is 8.92. The molecule has 1 rings (SSSR count). The summed E-state index contributed by atoms with van der Waals surface area (Å²) >= 11 is 18.3. The van der Waals surface area contributed by atoms with Gasteiger partial charge in [-0.2, -0.15) is 0 Å². The van der Waals surface area contributed by atoms with E-state index >= 15 is 0 Å². The SMILES string of the molecule is CCC(CC)C(C)NC(C)c1ccc(Cl)c(Cl)c1Cl. The maximum absolute atomic E-state index is 6.27. The Kier molecular flexibility index (Phi) is 6.96. The molecule has 0 heterocycles. The zero-order valence-corrected chi connectivity index (χ0v) is 14.2. The van der Waals surface area contributed by atoms with Crippen molar-refractivity contribution in [1.82, 2.24) is 5.32 Å². The molecule has 1 aromatic rings. The van der Waals surface area contributed by atoms with Crippen LogP contribution in [0, 0.1) is 5.92 Å². The molecule has 1 aromatic carbocycles. The second-order valence-corrected chi connectivity index (χ2v) is 6.18. The number of nitrogens with one attached hydrogen (secondary N) is 1. The summed E-state index contributed by atoms with van der Waals surface area (Å²) in [5.41, 5.74) is 0.994. The van der Waals surface area contributed by atoms with Gasteiger partial charge in [-0.05, 0) is 31.4 Å². The predicted octanol–water partition coefficient (Wildman–Crippen LogP) is 6.12. The highest BCUT2D eigenvalue weighted by Crippen LogP contribution is 2.35. The largest absolute Gasteiger partial charge is 0.307 e. The molecule has 0 saturated carbocycles. The lowest BCUT2D eigenvalue weighted by Gasteiger charge is -2.27. The van der Waals surface area contributed by atoms with Crippen LogP contribution in [0.5, 0.6) is 0 Å². The maximum Gasteiger partial charge on any atom is 0.0781 e. The first-order valence-electron chi connectivity index (χ1n) is 6.81. The lowest BCUT2D eigenvalue weighted by atomic mass is 9.94. The van der Waals surface area contributed by atoms with Crippen LogP contribution in [0.25, 0.3) is 0 Å². The van der Waals surface area contributed by atoms with Crippen molar-refractivity contribution in [3.8, 4) is 0 Å². The van der Waals surface area contributed by atoms with Crippen LogP contribution in [0.4, 0.5) is 0 Å². The van der Waals surface area contributed by atoms with Crippen molar-refractivity contribution >= 4 is 34.8 Å². The minimum absolute atomic E-state index is 0.151. The predicted molar refractivity (Wildman–Crippen MR) is 86.6 cm³/mol. The van der Waals surface area contributed by atoms with Crippen LogP contribution in [0.3, 0.4) is 0 Å². The molecule has 108 valence electrons. The fourth-order valence-electron chi connectivity index (χ4n) is 2.49. The highest BCUT2D eigenvalue weighted by molar-refractivity contribution is 6.48. The minimum Gasteiger partial charge on any atom is -0.307 e. The third kappa shape index (κ3) is 4.26. The lowest BCUT2D eigenvalue weighted by Crippen LogP contribution is -2.35. The van der Waals surface area contributed by atoms with E-state index in [1.807, 2.05) is 6.07 Å². The van der Waals surface area contributed by atoms with Gasteiger partial charge in [0, 0.05) is 12.1 Å². The molecule has 0 amide bonds. The van der Waals surface area contributed by atoms with E-state index in [4.69, 9.17) is 34.8 Å². The third-order valence-corrected chi connectivity index (χ3v) is 5.11. The first kappa shape index (κ1) is 17.1. The summed E-state index contributed by atoms with van der Waals surface area (Å²) in [5, 5.41) is 5.08. The monoisotopic (exact) mass is 321 g/mol. The zero-order chi connectivity index (χ0) is 14.6. The Balaban J connectivity index is 2.84. The van der Waals surface area contributed by atoms with E-state index in [-0.39, 0.29) is 6.04 Å². The van der Waals surface area contributed by atoms with Crippen molar-refractivity contribution < 1.29 is 0 Å². The highest BCUT2D eigenvalue weighted by atomic mass is 35.5. The van der Waals surface area contributed by atoms with E-state index in [0.717, 1.165) is 5.56 Å². The molecule has 4 heteroatoms. The van der Waals surface area contributed by atoms with Crippen LogP contribution in [-0.4, -0.2) is 6.04 Å². The van der Waals surface area contributed by atoms with E-state index in [1.165, 1.54) is 12.8 Å². The summed E-state index contributed by atoms with van der Waals surface area (Å²) in [6.45, 7) is 8.77. The molecule has 0 fully saturated rings. The molecule has 0 bridgehead atoms. The Hall–Kier alpha value is 0.0500. The van der Waals surface area contributed by atoms with Crippen LogP contribution in [0.15, 0.2) is 12.1 Å². The van der Waals surface area contributed by atoms with Gasteiger partial charge >= 0.3 is 0 Å². The molecule has 0 spiro atoms. The first-order valence-corrected chi connectivity index (χ1v) is 7.95. The number of rotatable bonds is 6. The second kappa shape index (κ2) is 7.73. The van der Waals surface area contributed by atoms with Crippen LogP contribution < -0.4 is 5.32 Å². The quantitative estimate of drug-likeness (QED) is 0.622. The van der Waals surface area contributed by atoms with Gasteiger partial charge in [-0.15, -0.1) is 0 Å². The Morgan fingerprint density at radius 2 is 1.58 bits per heavy atom. The number of benzene rings is 1. The maximum atomic E-state index is 6.27. The average molecular weight is 323 g/mol. The summed E-state index contributed by atoms with van der Waals surface area (Å²) in [7, 11) is 0. The third-order valence-electron chi connectivity index (χ3n) is 3.80. The van der Waals surface area contributed by atoms with E-state index in [9.17, 15) is 0 Å². The van der Waals surface area contributed by atoms with E-state index in [2.05, 4.69) is 33.0 Å². The molecule has 2 unspecified atom stereocenters. The average Bonchev–Trinajstić information content (AvgIpc) is 2.37. The van der Waals surface area contributed by atoms with Crippen LogP contribution in [0.1, 0.15) is 52.1 Å². The van der Waals surface area contributed by atoms with Gasteiger partial charge in [-0.25, -0.2) is 0 Å². The summed E-state index contributed by atoms with van der Waals surface area (Å²) in [6, 6.07) is 4.33. The lowest BCUT2D eigenvalue weighted by molar-refractivity contribution is 0.330. The Labute approximate surface area is 131 Å². The number of halogens is 3. The van der Waals surface area contributed by atoms with E-state index in [0.29, 0.717) is 27.0 Å². The Morgan fingerprint density at radius 3 is 2.11 bits per heavy atom. The van der Waals surface area contributed by atoms with Gasteiger partial charge in [0.2, 0.25) is 0 Å². The smallest absolute Gasteiger partial charge is 0.0781 e. The van der Waals surface area contributed by atoms with Crippen molar-refractivity contribution in [2.45, 2.75) is 52.6 Å². The Morgan fingerprint density at radius 1 is 1.00 bits per heavy atom. The molecule has 0 aliphatic carbocycles. The van der Waals surface area contributed by atoms with Gasteiger partial charge in [-0.3, -0.25) is 0 Å². The minimum atomic E-state index is 0.151. The number of hydrogen-bond donors (Lipinski definition) is 1. The topological polar surface area (TPSA) is 12.0 Å². The molecule has 2 atom stereocenters.